The smallest absolute Gasteiger partial charge is 0.160 e. The predicted octanol–water partition coefficient (Wildman–Crippen LogP) is 17.6. The Hall–Kier alpha value is -9.24. The first kappa shape index (κ1) is 42.4. The molecule has 0 bridgehead atoms. The molecule has 2 nitrogen and oxygen atoms in total. The second-order valence-corrected chi connectivity index (χ2v) is 20.2. The van der Waals surface area contributed by atoms with Crippen molar-refractivity contribution in [3.8, 4) is 78.4 Å². The van der Waals surface area contributed by atoms with Crippen molar-refractivity contribution in [2.75, 3.05) is 0 Å². The number of hydrogen-bond donors (Lipinski definition) is 0. The van der Waals surface area contributed by atoms with Gasteiger partial charge in [0.05, 0.1) is 22.2 Å². The van der Waals surface area contributed by atoms with Crippen molar-refractivity contribution in [3.63, 3.8) is 0 Å². The summed E-state index contributed by atoms with van der Waals surface area (Å²) in [5, 5.41) is 0. The van der Waals surface area contributed by atoms with Crippen LogP contribution in [0.3, 0.4) is 0 Å². The summed E-state index contributed by atoms with van der Waals surface area (Å²) in [4.78, 5) is 10.8. The summed E-state index contributed by atoms with van der Waals surface area (Å²) in [5.41, 5.74) is 27.2. The molecule has 74 heavy (non-hydrogen) atoms. The summed E-state index contributed by atoms with van der Waals surface area (Å²) in [6.07, 6.45) is 6.80. The molecule has 4 aliphatic carbocycles. The highest BCUT2D eigenvalue weighted by Gasteiger charge is 2.59. The standard InChI is InChI=1S/C72H48N2/c1-3-20-47(21-4-1)49-24-17-27-53(42-49)68-46-69(74-70(73-68)55-29-19-25-50(44-55)48-22-5-2-6-23-48)54-28-18-26-51(43-54)52-40-41-59-58-32-9-12-35-62(58)72(67(59)45-52)65-38-15-13-36-63(65)71(64-37-14-16-39-66(64)72)60-33-10-7-30-56(60)57-31-8-11-34-61(57)71/h1-11,13-34,36-46H,12,35H2. The van der Waals surface area contributed by atoms with Crippen LogP contribution in [0.4, 0.5) is 0 Å². The van der Waals surface area contributed by atoms with Crippen molar-refractivity contribution in [1.82, 2.24) is 9.97 Å². The van der Waals surface area contributed by atoms with Gasteiger partial charge in [-0.25, -0.2) is 9.97 Å². The number of allylic oxidation sites excluding steroid dienone is 4. The summed E-state index contributed by atoms with van der Waals surface area (Å²) in [6.45, 7) is 0. The summed E-state index contributed by atoms with van der Waals surface area (Å²) >= 11 is 0. The van der Waals surface area contributed by atoms with Gasteiger partial charge in [0.1, 0.15) is 0 Å². The lowest BCUT2D eigenvalue weighted by Gasteiger charge is -2.49. The van der Waals surface area contributed by atoms with E-state index in [1.54, 1.807) is 0 Å². The van der Waals surface area contributed by atoms with E-state index in [4.69, 9.17) is 9.97 Å². The average Bonchev–Trinajstić information content (AvgIpc) is 4.00. The van der Waals surface area contributed by atoms with E-state index in [1.807, 2.05) is 0 Å². The molecule has 0 aliphatic heterocycles. The largest absolute Gasteiger partial charge is 0.228 e. The number of rotatable bonds is 6. The first-order valence-electron chi connectivity index (χ1n) is 25.9. The quantitative estimate of drug-likeness (QED) is 0.166. The molecule has 15 rings (SSSR count). The van der Waals surface area contributed by atoms with Crippen molar-refractivity contribution < 1.29 is 0 Å². The fourth-order valence-electron chi connectivity index (χ4n) is 13.4. The van der Waals surface area contributed by atoms with Crippen LogP contribution in [0.15, 0.2) is 273 Å². The van der Waals surface area contributed by atoms with Gasteiger partial charge in [-0.1, -0.05) is 237 Å². The van der Waals surface area contributed by atoms with Crippen molar-refractivity contribution in [3.05, 3.63) is 317 Å². The van der Waals surface area contributed by atoms with Crippen LogP contribution in [0.1, 0.15) is 57.3 Å². The first-order chi connectivity index (χ1) is 36.7. The molecule has 0 fully saturated rings. The Morgan fingerprint density at radius 1 is 0.284 bits per heavy atom. The SMILES string of the molecule is C1=CC2=C(CC1)C1(c3cc(-c4cccc(-c5cc(-c6cccc(-c7ccccc7)c6)nc(-c6cccc(-c7ccccc7)c6)n5)c4)ccc32)c2ccccc2C2(c3ccccc3-c3ccccc32)c2ccccc21. The van der Waals surface area contributed by atoms with E-state index in [1.165, 1.54) is 77.9 Å². The van der Waals surface area contributed by atoms with Crippen LogP contribution in [0.25, 0.3) is 84.0 Å². The molecule has 0 N–H and O–H groups in total. The number of nitrogens with zero attached hydrogens (tertiary/aromatic N) is 2. The van der Waals surface area contributed by atoms with Gasteiger partial charge in [0, 0.05) is 16.7 Å². The highest BCUT2D eigenvalue weighted by Crippen LogP contribution is 2.68. The van der Waals surface area contributed by atoms with Gasteiger partial charge >= 0.3 is 0 Å². The highest BCUT2D eigenvalue weighted by molar-refractivity contribution is 5.96. The monoisotopic (exact) mass is 940 g/mol. The Kier molecular flexibility index (Phi) is 9.56. The van der Waals surface area contributed by atoms with Gasteiger partial charge in [-0.15, -0.1) is 0 Å². The molecule has 0 saturated carbocycles. The first-order valence-corrected chi connectivity index (χ1v) is 25.9. The third-order valence-electron chi connectivity index (χ3n) is 16.5. The Morgan fingerprint density at radius 2 is 0.703 bits per heavy atom. The minimum atomic E-state index is -0.493. The van der Waals surface area contributed by atoms with Gasteiger partial charge in [0.2, 0.25) is 0 Å². The molecule has 1 aromatic heterocycles. The lowest BCUT2D eigenvalue weighted by atomic mass is 9.51. The number of fused-ring (bicyclic) bond motifs is 15. The Balaban J connectivity index is 0.910. The fraction of sp³-hybridized carbons (Fsp3) is 0.0556. The summed E-state index contributed by atoms with van der Waals surface area (Å²) in [7, 11) is 0. The average molecular weight is 941 g/mol. The molecule has 0 amide bonds. The maximum atomic E-state index is 5.42. The molecule has 10 aromatic carbocycles. The third kappa shape index (κ3) is 6.18. The molecule has 11 aromatic rings. The number of hydrogen-bond acceptors (Lipinski definition) is 2. The lowest BCUT2D eigenvalue weighted by molar-refractivity contribution is 0.606. The molecule has 0 saturated heterocycles. The molecule has 2 spiro atoms. The van der Waals surface area contributed by atoms with Crippen LogP contribution in [-0.4, -0.2) is 9.97 Å². The topological polar surface area (TPSA) is 25.8 Å². The molecule has 4 aliphatic rings. The van der Waals surface area contributed by atoms with Crippen LogP contribution in [-0.2, 0) is 10.8 Å². The second kappa shape index (κ2) is 16.7. The summed E-state index contributed by atoms with van der Waals surface area (Å²) < 4.78 is 0. The van der Waals surface area contributed by atoms with E-state index in [9.17, 15) is 0 Å². The van der Waals surface area contributed by atoms with Gasteiger partial charge in [-0.2, -0.15) is 0 Å². The lowest BCUT2D eigenvalue weighted by Crippen LogP contribution is -2.44. The molecule has 2 heteroatoms. The van der Waals surface area contributed by atoms with Crippen LogP contribution in [0, 0.1) is 0 Å². The van der Waals surface area contributed by atoms with Crippen LogP contribution >= 0.6 is 0 Å². The van der Waals surface area contributed by atoms with E-state index in [0.717, 1.165) is 63.2 Å². The molecule has 1 heterocycles. The Labute approximate surface area is 432 Å². The molecule has 0 atom stereocenters. The minimum Gasteiger partial charge on any atom is -0.228 e. The van der Waals surface area contributed by atoms with Crippen molar-refractivity contribution in [1.29, 1.82) is 0 Å². The van der Waals surface area contributed by atoms with Gasteiger partial charge in [-0.05, 0) is 143 Å². The zero-order valence-corrected chi connectivity index (χ0v) is 40.7. The molecular weight excluding hydrogens is 893 g/mol. The van der Waals surface area contributed by atoms with Crippen LogP contribution in [0.2, 0.25) is 0 Å². The third-order valence-corrected chi connectivity index (χ3v) is 16.5. The fourth-order valence-corrected chi connectivity index (χ4v) is 13.4. The Bertz CT molecular complexity index is 3940. The van der Waals surface area contributed by atoms with E-state index in [0.29, 0.717) is 5.82 Å². The van der Waals surface area contributed by atoms with Crippen molar-refractivity contribution in [2.24, 2.45) is 0 Å². The zero-order valence-electron chi connectivity index (χ0n) is 40.7. The van der Waals surface area contributed by atoms with E-state index in [2.05, 4.69) is 267 Å². The van der Waals surface area contributed by atoms with Crippen LogP contribution < -0.4 is 0 Å². The maximum Gasteiger partial charge on any atom is 0.160 e. The van der Waals surface area contributed by atoms with Crippen LogP contribution in [0.5, 0.6) is 0 Å². The summed E-state index contributed by atoms with van der Waals surface area (Å²) in [5.74, 6) is 0.690. The second-order valence-electron chi connectivity index (χ2n) is 20.2. The maximum absolute atomic E-state index is 5.42. The van der Waals surface area contributed by atoms with Gasteiger partial charge < -0.3 is 0 Å². The molecule has 0 radical (unpaired) electrons. The minimum absolute atomic E-state index is 0.466. The molecule has 346 valence electrons. The van der Waals surface area contributed by atoms with Gasteiger partial charge in [0.15, 0.2) is 5.82 Å². The Morgan fingerprint density at radius 3 is 1.26 bits per heavy atom. The molecule has 0 unspecified atom stereocenters. The van der Waals surface area contributed by atoms with E-state index < -0.39 is 10.8 Å². The number of benzene rings is 10. The van der Waals surface area contributed by atoms with Gasteiger partial charge in [-0.3, -0.25) is 0 Å². The normalized spacial score (nSPS) is 14.8. The number of aromatic nitrogens is 2. The van der Waals surface area contributed by atoms with Gasteiger partial charge in [0.25, 0.3) is 0 Å². The zero-order chi connectivity index (χ0) is 48.8. The highest BCUT2D eigenvalue weighted by atomic mass is 14.9. The molecular formula is C72H48N2. The van der Waals surface area contributed by atoms with Crippen molar-refractivity contribution in [2.45, 2.75) is 23.7 Å². The summed E-state index contributed by atoms with van der Waals surface area (Å²) in [6, 6.07) is 94.0. The van der Waals surface area contributed by atoms with E-state index >= 15 is 0 Å². The van der Waals surface area contributed by atoms with E-state index in [-0.39, 0.29) is 0 Å². The van der Waals surface area contributed by atoms with Crippen molar-refractivity contribution >= 4 is 5.57 Å². The predicted molar refractivity (Wildman–Crippen MR) is 304 cm³/mol.